The predicted octanol–water partition coefficient (Wildman–Crippen LogP) is 3.24. The van der Waals surface area contributed by atoms with Gasteiger partial charge in [0.2, 0.25) is 0 Å². The van der Waals surface area contributed by atoms with Gasteiger partial charge in [-0.15, -0.1) is 0 Å². The van der Waals surface area contributed by atoms with E-state index in [0.29, 0.717) is 12.2 Å². The summed E-state index contributed by atoms with van der Waals surface area (Å²) in [5.41, 5.74) is 10.6. The Kier molecular flexibility index (Phi) is 2.47. The summed E-state index contributed by atoms with van der Waals surface area (Å²) in [6.07, 6.45) is 0. The maximum absolute atomic E-state index is 14.0. The number of hydrogen-bond donors (Lipinski definition) is 1. The highest BCUT2D eigenvalue weighted by molar-refractivity contribution is 5.60. The molecular formula is C15H15FN2. The molecule has 0 unspecified atom stereocenters. The molecule has 0 bridgehead atoms. The highest BCUT2D eigenvalue weighted by Gasteiger charge is 2.22. The van der Waals surface area contributed by atoms with Crippen LogP contribution in [0.2, 0.25) is 0 Å². The number of aryl methyl sites for hydroxylation is 1. The van der Waals surface area contributed by atoms with Gasteiger partial charge in [0.05, 0.1) is 5.69 Å². The SMILES string of the molecule is Cc1ccc(N2Cc3cccc(N)c3C2)c(F)c1. The summed E-state index contributed by atoms with van der Waals surface area (Å²) in [5, 5.41) is 0. The summed E-state index contributed by atoms with van der Waals surface area (Å²) in [4.78, 5) is 2.02. The van der Waals surface area contributed by atoms with E-state index in [1.54, 1.807) is 6.07 Å². The summed E-state index contributed by atoms with van der Waals surface area (Å²) in [6.45, 7) is 3.30. The third-order valence-corrected chi connectivity index (χ3v) is 3.46. The fourth-order valence-electron chi connectivity index (χ4n) is 2.49. The van der Waals surface area contributed by atoms with Gasteiger partial charge in [-0.05, 0) is 41.8 Å². The number of fused-ring (bicyclic) bond motifs is 1. The number of hydrogen-bond acceptors (Lipinski definition) is 2. The smallest absolute Gasteiger partial charge is 0.146 e. The minimum absolute atomic E-state index is 0.165. The van der Waals surface area contributed by atoms with Crippen LogP contribution in [0.25, 0.3) is 0 Å². The van der Waals surface area contributed by atoms with Gasteiger partial charge in [-0.3, -0.25) is 0 Å². The zero-order valence-electron chi connectivity index (χ0n) is 10.3. The molecule has 3 heteroatoms. The molecule has 2 N–H and O–H groups in total. The molecule has 0 aliphatic carbocycles. The first-order valence-electron chi connectivity index (χ1n) is 6.02. The van der Waals surface area contributed by atoms with Crippen molar-refractivity contribution >= 4 is 11.4 Å². The Labute approximate surface area is 106 Å². The normalized spacial score (nSPS) is 13.8. The molecular weight excluding hydrogens is 227 g/mol. The number of rotatable bonds is 1. The van der Waals surface area contributed by atoms with E-state index in [0.717, 1.165) is 23.4 Å². The maximum atomic E-state index is 14.0. The molecule has 1 aliphatic heterocycles. The van der Waals surface area contributed by atoms with Gasteiger partial charge < -0.3 is 10.6 Å². The summed E-state index contributed by atoms with van der Waals surface area (Å²) < 4.78 is 14.0. The van der Waals surface area contributed by atoms with Crippen molar-refractivity contribution in [3.05, 3.63) is 58.9 Å². The van der Waals surface area contributed by atoms with Crippen molar-refractivity contribution in [3.63, 3.8) is 0 Å². The van der Waals surface area contributed by atoms with Crippen molar-refractivity contribution in [2.45, 2.75) is 20.0 Å². The van der Waals surface area contributed by atoms with E-state index in [1.165, 1.54) is 5.56 Å². The molecule has 92 valence electrons. The Balaban J connectivity index is 1.96. The highest BCUT2D eigenvalue weighted by Crippen LogP contribution is 2.32. The summed E-state index contributed by atoms with van der Waals surface area (Å²) >= 11 is 0. The second-order valence-corrected chi connectivity index (χ2v) is 4.80. The topological polar surface area (TPSA) is 29.3 Å². The molecule has 0 saturated heterocycles. The zero-order chi connectivity index (χ0) is 12.7. The molecule has 0 aromatic heterocycles. The fraction of sp³-hybridized carbons (Fsp3) is 0.200. The third-order valence-electron chi connectivity index (χ3n) is 3.46. The lowest BCUT2D eigenvalue weighted by Gasteiger charge is -2.18. The van der Waals surface area contributed by atoms with Gasteiger partial charge in [-0.25, -0.2) is 4.39 Å². The van der Waals surface area contributed by atoms with Crippen LogP contribution in [-0.4, -0.2) is 0 Å². The quantitative estimate of drug-likeness (QED) is 0.778. The minimum Gasteiger partial charge on any atom is -0.398 e. The molecule has 2 aromatic rings. The van der Waals surface area contributed by atoms with E-state index in [-0.39, 0.29) is 5.82 Å². The monoisotopic (exact) mass is 242 g/mol. The van der Waals surface area contributed by atoms with E-state index < -0.39 is 0 Å². The first-order valence-corrected chi connectivity index (χ1v) is 6.02. The molecule has 2 aromatic carbocycles. The van der Waals surface area contributed by atoms with E-state index >= 15 is 0 Å². The van der Waals surface area contributed by atoms with Gasteiger partial charge in [-0.1, -0.05) is 18.2 Å². The van der Waals surface area contributed by atoms with Crippen LogP contribution in [0.1, 0.15) is 16.7 Å². The molecule has 3 rings (SSSR count). The number of nitrogens with two attached hydrogens (primary N) is 1. The standard InChI is InChI=1S/C15H15FN2/c1-10-5-6-15(13(16)7-10)18-8-11-3-2-4-14(17)12(11)9-18/h2-7H,8-9,17H2,1H3. The minimum atomic E-state index is -0.165. The molecule has 2 nitrogen and oxygen atoms in total. The molecule has 0 radical (unpaired) electrons. The molecule has 0 saturated carbocycles. The number of nitrogen functional groups attached to an aromatic ring is 1. The Morgan fingerprint density at radius 2 is 2.00 bits per heavy atom. The lowest BCUT2D eigenvalue weighted by Crippen LogP contribution is -2.16. The molecule has 0 spiro atoms. The van der Waals surface area contributed by atoms with Crippen LogP contribution in [0.4, 0.5) is 15.8 Å². The van der Waals surface area contributed by atoms with Crippen molar-refractivity contribution in [3.8, 4) is 0 Å². The molecule has 0 atom stereocenters. The average Bonchev–Trinajstić information content (AvgIpc) is 2.74. The number of benzene rings is 2. The van der Waals surface area contributed by atoms with E-state index in [4.69, 9.17) is 5.73 Å². The van der Waals surface area contributed by atoms with Crippen molar-refractivity contribution in [1.29, 1.82) is 0 Å². The van der Waals surface area contributed by atoms with Crippen LogP contribution in [0.3, 0.4) is 0 Å². The number of halogens is 1. The molecule has 1 heterocycles. The lowest BCUT2D eigenvalue weighted by molar-refractivity contribution is 0.618. The summed E-state index contributed by atoms with van der Waals surface area (Å²) in [7, 11) is 0. The van der Waals surface area contributed by atoms with Crippen molar-refractivity contribution in [2.24, 2.45) is 0 Å². The van der Waals surface area contributed by atoms with Crippen molar-refractivity contribution in [2.75, 3.05) is 10.6 Å². The Morgan fingerprint density at radius 3 is 2.72 bits per heavy atom. The van der Waals surface area contributed by atoms with Crippen LogP contribution in [0.15, 0.2) is 36.4 Å². The van der Waals surface area contributed by atoms with Crippen molar-refractivity contribution < 1.29 is 4.39 Å². The van der Waals surface area contributed by atoms with E-state index in [1.807, 2.05) is 36.1 Å². The van der Waals surface area contributed by atoms with E-state index in [9.17, 15) is 4.39 Å². The van der Waals surface area contributed by atoms with Gasteiger partial charge in [0.25, 0.3) is 0 Å². The first-order chi connectivity index (χ1) is 8.65. The number of anilines is 2. The van der Waals surface area contributed by atoms with Crippen LogP contribution in [-0.2, 0) is 13.1 Å². The first kappa shape index (κ1) is 11.1. The van der Waals surface area contributed by atoms with Gasteiger partial charge >= 0.3 is 0 Å². The van der Waals surface area contributed by atoms with Crippen LogP contribution >= 0.6 is 0 Å². The zero-order valence-corrected chi connectivity index (χ0v) is 10.3. The van der Waals surface area contributed by atoms with E-state index in [2.05, 4.69) is 6.07 Å². The van der Waals surface area contributed by atoms with Crippen LogP contribution in [0, 0.1) is 12.7 Å². The predicted molar refractivity (Wildman–Crippen MR) is 71.9 cm³/mol. The fourth-order valence-corrected chi connectivity index (χ4v) is 2.49. The Bertz CT molecular complexity index is 607. The number of nitrogens with zero attached hydrogens (tertiary/aromatic N) is 1. The lowest BCUT2D eigenvalue weighted by atomic mass is 10.1. The third kappa shape index (κ3) is 1.72. The second-order valence-electron chi connectivity index (χ2n) is 4.80. The Hall–Kier alpha value is -2.03. The molecule has 18 heavy (non-hydrogen) atoms. The maximum Gasteiger partial charge on any atom is 0.146 e. The Morgan fingerprint density at radius 1 is 1.17 bits per heavy atom. The largest absolute Gasteiger partial charge is 0.398 e. The molecule has 0 amide bonds. The van der Waals surface area contributed by atoms with Gasteiger partial charge in [0, 0.05) is 18.8 Å². The van der Waals surface area contributed by atoms with Gasteiger partial charge in [0.1, 0.15) is 5.82 Å². The summed E-state index contributed by atoms with van der Waals surface area (Å²) in [6, 6.07) is 11.2. The average molecular weight is 242 g/mol. The summed E-state index contributed by atoms with van der Waals surface area (Å²) in [5.74, 6) is -0.165. The van der Waals surface area contributed by atoms with Gasteiger partial charge in [0.15, 0.2) is 0 Å². The highest BCUT2D eigenvalue weighted by atomic mass is 19.1. The molecule has 0 fully saturated rings. The second kappa shape index (κ2) is 4.02. The van der Waals surface area contributed by atoms with Crippen LogP contribution in [0.5, 0.6) is 0 Å². The van der Waals surface area contributed by atoms with Crippen molar-refractivity contribution in [1.82, 2.24) is 0 Å². The van der Waals surface area contributed by atoms with Gasteiger partial charge in [-0.2, -0.15) is 0 Å². The molecule has 1 aliphatic rings. The van der Waals surface area contributed by atoms with Crippen LogP contribution < -0.4 is 10.6 Å².